The molecule has 0 aromatic heterocycles. The van der Waals surface area contributed by atoms with Gasteiger partial charge in [-0.1, -0.05) is 0 Å². The highest BCUT2D eigenvalue weighted by molar-refractivity contribution is 5.87. The van der Waals surface area contributed by atoms with Crippen molar-refractivity contribution >= 4 is 5.91 Å². The van der Waals surface area contributed by atoms with E-state index in [0.29, 0.717) is 36.2 Å². The molecular formula is C16H26N2O2. The summed E-state index contributed by atoms with van der Waals surface area (Å²) in [5.74, 6) is 1.18. The average molecular weight is 278 g/mol. The van der Waals surface area contributed by atoms with Crippen molar-refractivity contribution in [2.24, 2.45) is 5.92 Å². The molecule has 112 valence electrons. The maximum Gasteiger partial charge on any atom is 0.241 e. The molecule has 1 saturated carbocycles. The Morgan fingerprint density at radius 2 is 1.80 bits per heavy atom. The Bertz CT molecular complexity index is 393. The molecule has 1 unspecified atom stereocenters. The van der Waals surface area contributed by atoms with Gasteiger partial charge in [0.15, 0.2) is 0 Å². The molecule has 1 amide bonds. The van der Waals surface area contributed by atoms with Gasteiger partial charge in [-0.05, 0) is 58.3 Å². The fraction of sp³-hybridized carbons (Fsp3) is 0.938. The molecular weight excluding hydrogens is 252 g/mol. The maximum absolute atomic E-state index is 12.7. The second-order valence-corrected chi connectivity index (χ2v) is 7.42. The fourth-order valence-corrected chi connectivity index (χ4v) is 4.38. The largest absolute Gasteiger partial charge is 0.375 e. The van der Waals surface area contributed by atoms with Crippen molar-refractivity contribution in [3.05, 3.63) is 0 Å². The minimum atomic E-state index is 0.146. The van der Waals surface area contributed by atoms with Crippen molar-refractivity contribution < 1.29 is 9.53 Å². The van der Waals surface area contributed by atoms with Crippen molar-refractivity contribution in [1.29, 1.82) is 0 Å². The van der Waals surface area contributed by atoms with Crippen LogP contribution in [0.4, 0.5) is 0 Å². The Labute approximate surface area is 121 Å². The van der Waals surface area contributed by atoms with Gasteiger partial charge >= 0.3 is 0 Å². The van der Waals surface area contributed by atoms with Crippen molar-refractivity contribution in [3.8, 4) is 0 Å². The third-order valence-corrected chi connectivity index (χ3v) is 5.43. The Morgan fingerprint density at radius 3 is 2.35 bits per heavy atom. The van der Waals surface area contributed by atoms with Gasteiger partial charge in [-0.25, -0.2) is 0 Å². The lowest BCUT2D eigenvalue weighted by Gasteiger charge is -2.39. The standard InChI is InChI=1S/C16H26N2O2/c1-9(2)20-13-7-11-5-6-12(8-13)18(11)16(19)15-14(17-15)10-3-4-10/h9-15,17H,3-8H2,1-2H3/t11-,12+,13?,14-,15+/m0/s1. The molecule has 3 saturated heterocycles. The second-order valence-electron chi connectivity index (χ2n) is 7.42. The van der Waals surface area contributed by atoms with E-state index >= 15 is 0 Å². The molecule has 4 nitrogen and oxygen atoms in total. The molecule has 3 heterocycles. The Balaban J connectivity index is 1.39. The minimum absolute atomic E-state index is 0.146. The molecule has 3 aliphatic heterocycles. The summed E-state index contributed by atoms with van der Waals surface area (Å²) in [4.78, 5) is 14.9. The van der Waals surface area contributed by atoms with Gasteiger partial charge in [-0.15, -0.1) is 0 Å². The SMILES string of the molecule is CC(C)OC1C[C@H]2CC[C@@H](C1)N2C(=O)[C@@H]1N[C@H]1C1CC1. The van der Waals surface area contributed by atoms with Crippen molar-refractivity contribution in [3.63, 3.8) is 0 Å². The molecule has 20 heavy (non-hydrogen) atoms. The molecule has 0 aromatic carbocycles. The van der Waals surface area contributed by atoms with Gasteiger partial charge in [0.25, 0.3) is 0 Å². The lowest BCUT2D eigenvalue weighted by molar-refractivity contribution is -0.139. The van der Waals surface area contributed by atoms with E-state index < -0.39 is 0 Å². The minimum Gasteiger partial charge on any atom is -0.375 e. The van der Waals surface area contributed by atoms with Crippen molar-refractivity contribution in [1.82, 2.24) is 10.2 Å². The Kier molecular flexibility index (Phi) is 3.08. The van der Waals surface area contributed by atoms with Crippen LogP contribution in [-0.2, 0) is 9.53 Å². The molecule has 0 spiro atoms. The Hall–Kier alpha value is -0.610. The molecule has 1 aliphatic carbocycles. The number of amides is 1. The van der Waals surface area contributed by atoms with E-state index in [1.807, 2.05) is 0 Å². The smallest absolute Gasteiger partial charge is 0.241 e. The lowest BCUT2D eigenvalue weighted by Crippen LogP contribution is -2.51. The van der Waals surface area contributed by atoms with Crippen LogP contribution < -0.4 is 5.32 Å². The summed E-state index contributed by atoms with van der Waals surface area (Å²) >= 11 is 0. The highest BCUT2D eigenvalue weighted by atomic mass is 16.5. The third kappa shape index (κ3) is 2.27. The van der Waals surface area contributed by atoms with Crippen LogP contribution in [0.5, 0.6) is 0 Å². The number of piperidine rings is 1. The van der Waals surface area contributed by atoms with Crippen LogP contribution in [0, 0.1) is 5.92 Å². The fourth-order valence-electron chi connectivity index (χ4n) is 4.38. The van der Waals surface area contributed by atoms with E-state index in [1.165, 1.54) is 25.7 Å². The summed E-state index contributed by atoms with van der Waals surface area (Å²) in [6, 6.07) is 1.53. The van der Waals surface area contributed by atoms with Crippen LogP contribution in [0.15, 0.2) is 0 Å². The van der Waals surface area contributed by atoms with Gasteiger partial charge in [0.1, 0.15) is 6.04 Å². The normalized spacial score (nSPS) is 43.1. The molecule has 4 aliphatic rings. The first-order valence-corrected chi connectivity index (χ1v) is 8.37. The summed E-state index contributed by atoms with van der Waals surface area (Å²) in [6.45, 7) is 4.21. The molecule has 4 rings (SSSR count). The number of carbonyl (C=O) groups is 1. The molecule has 4 fully saturated rings. The van der Waals surface area contributed by atoms with Gasteiger partial charge in [0.05, 0.1) is 12.2 Å². The first-order chi connectivity index (χ1) is 9.63. The Morgan fingerprint density at radius 1 is 1.15 bits per heavy atom. The zero-order valence-electron chi connectivity index (χ0n) is 12.5. The van der Waals surface area contributed by atoms with E-state index in [-0.39, 0.29) is 6.04 Å². The molecule has 5 atom stereocenters. The van der Waals surface area contributed by atoms with Crippen LogP contribution in [-0.4, -0.2) is 47.2 Å². The van der Waals surface area contributed by atoms with Gasteiger partial charge in [-0.3, -0.25) is 10.1 Å². The summed E-state index contributed by atoms with van der Waals surface area (Å²) < 4.78 is 5.99. The lowest BCUT2D eigenvalue weighted by atomic mass is 9.98. The zero-order chi connectivity index (χ0) is 13.9. The van der Waals surface area contributed by atoms with Crippen molar-refractivity contribution in [2.75, 3.05) is 0 Å². The molecule has 0 aromatic rings. The highest BCUT2D eigenvalue weighted by Gasteiger charge is 2.55. The zero-order valence-corrected chi connectivity index (χ0v) is 12.5. The quantitative estimate of drug-likeness (QED) is 0.796. The van der Waals surface area contributed by atoms with Gasteiger partial charge in [0.2, 0.25) is 5.91 Å². The van der Waals surface area contributed by atoms with E-state index in [4.69, 9.17) is 4.74 Å². The molecule has 0 radical (unpaired) electrons. The van der Waals surface area contributed by atoms with Gasteiger partial charge < -0.3 is 9.64 Å². The second kappa shape index (κ2) is 4.70. The predicted octanol–water partition coefficient (Wildman–Crippen LogP) is 1.68. The first kappa shape index (κ1) is 13.1. The molecule has 4 heteroatoms. The average Bonchev–Trinajstić information content (AvgIpc) is 3.24. The van der Waals surface area contributed by atoms with Crippen LogP contribution in [0.3, 0.4) is 0 Å². The van der Waals surface area contributed by atoms with Gasteiger partial charge in [-0.2, -0.15) is 0 Å². The number of carbonyl (C=O) groups excluding carboxylic acids is 1. The number of hydrogen-bond donors (Lipinski definition) is 1. The van der Waals surface area contributed by atoms with Crippen molar-refractivity contribution in [2.45, 2.75) is 88.7 Å². The van der Waals surface area contributed by atoms with E-state index in [0.717, 1.165) is 18.8 Å². The van der Waals surface area contributed by atoms with Crippen LogP contribution >= 0.6 is 0 Å². The number of fused-ring (bicyclic) bond motifs is 2. The van der Waals surface area contributed by atoms with Crippen LogP contribution in [0.1, 0.15) is 52.4 Å². The van der Waals surface area contributed by atoms with E-state index in [2.05, 4.69) is 24.1 Å². The summed E-state index contributed by atoms with van der Waals surface area (Å²) in [6.07, 6.45) is 7.73. The van der Waals surface area contributed by atoms with E-state index in [1.54, 1.807) is 0 Å². The predicted molar refractivity (Wildman–Crippen MR) is 76.3 cm³/mol. The summed E-state index contributed by atoms with van der Waals surface area (Å²) in [5.41, 5.74) is 0. The molecule has 1 N–H and O–H groups in total. The highest BCUT2D eigenvalue weighted by Crippen LogP contribution is 2.43. The number of hydrogen-bond acceptors (Lipinski definition) is 3. The summed E-state index contributed by atoms with van der Waals surface area (Å²) in [7, 11) is 0. The van der Waals surface area contributed by atoms with Gasteiger partial charge in [0, 0.05) is 18.1 Å². The first-order valence-electron chi connectivity index (χ1n) is 8.37. The van der Waals surface area contributed by atoms with E-state index in [9.17, 15) is 4.79 Å². The summed E-state index contributed by atoms with van der Waals surface area (Å²) in [5, 5.41) is 3.42. The third-order valence-electron chi connectivity index (χ3n) is 5.43. The van der Waals surface area contributed by atoms with Crippen LogP contribution in [0.25, 0.3) is 0 Å². The number of ether oxygens (including phenoxy) is 1. The topological polar surface area (TPSA) is 51.5 Å². The number of rotatable bonds is 4. The maximum atomic E-state index is 12.7. The monoisotopic (exact) mass is 278 g/mol. The molecule has 2 bridgehead atoms. The van der Waals surface area contributed by atoms with Crippen LogP contribution in [0.2, 0.25) is 0 Å². The number of nitrogens with one attached hydrogen (secondary N) is 1. The number of nitrogens with zero attached hydrogens (tertiary/aromatic N) is 1.